The van der Waals surface area contributed by atoms with Crippen molar-refractivity contribution >= 4 is 5.78 Å². The van der Waals surface area contributed by atoms with Crippen LogP contribution in [0.15, 0.2) is 42.6 Å². The molecule has 0 saturated carbocycles. The van der Waals surface area contributed by atoms with Gasteiger partial charge in [0.05, 0.1) is 6.61 Å². The van der Waals surface area contributed by atoms with E-state index in [1.807, 2.05) is 36.4 Å². The summed E-state index contributed by atoms with van der Waals surface area (Å²) in [5, 5.41) is 0. The molecule has 124 valence electrons. The highest BCUT2D eigenvalue weighted by Gasteiger charge is 2.07. The average Bonchev–Trinajstić information content (AvgIpc) is 2.59. The number of Topliss-reactive ketones (excluding diaryl/α,β-unsaturated/α-hetero) is 1. The zero-order valence-electron chi connectivity index (χ0n) is 14.5. The van der Waals surface area contributed by atoms with Crippen LogP contribution in [0.1, 0.15) is 56.2 Å². The quantitative estimate of drug-likeness (QED) is 0.742. The van der Waals surface area contributed by atoms with Gasteiger partial charge >= 0.3 is 0 Å². The predicted octanol–water partition coefficient (Wildman–Crippen LogP) is 4.35. The summed E-state index contributed by atoms with van der Waals surface area (Å²) in [4.78, 5) is 15.4. The number of carbonyl (C=O) groups is 1. The van der Waals surface area contributed by atoms with Crippen LogP contribution in [-0.2, 0) is 4.79 Å². The SMILES string of the molecule is CCCOc1ccc(C#Cc2ccc(C(C)CC(C)=O)cc2)cn1. The van der Waals surface area contributed by atoms with E-state index in [4.69, 9.17) is 4.74 Å². The second-order valence-electron chi connectivity index (χ2n) is 5.91. The van der Waals surface area contributed by atoms with Crippen molar-refractivity contribution in [3.8, 4) is 17.7 Å². The van der Waals surface area contributed by atoms with Crippen molar-refractivity contribution in [3.63, 3.8) is 0 Å². The van der Waals surface area contributed by atoms with E-state index >= 15 is 0 Å². The number of rotatable bonds is 6. The number of hydrogen-bond donors (Lipinski definition) is 0. The van der Waals surface area contributed by atoms with Crippen LogP contribution in [0, 0.1) is 11.8 Å². The molecule has 0 aliphatic carbocycles. The van der Waals surface area contributed by atoms with Gasteiger partial charge in [0.1, 0.15) is 5.78 Å². The lowest BCUT2D eigenvalue weighted by Gasteiger charge is -2.09. The molecule has 1 atom stereocenters. The number of carbonyl (C=O) groups excluding carboxylic acids is 1. The number of nitrogens with zero attached hydrogens (tertiary/aromatic N) is 1. The number of ether oxygens (including phenoxy) is 1. The predicted molar refractivity (Wildman–Crippen MR) is 96.2 cm³/mol. The van der Waals surface area contributed by atoms with E-state index in [1.165, 1.54) is 0 Å². The van der Waals surface area contributed by atoms with Gasteiger partial charge in [-0.1, -0.05) is 37.8 Å². The maximum atomic E-state index is 11.2. The Morgan fingerprint density at radius 3 is 2.38 bits per heavy atom. The summed E-state index contributed by atoms with van der Waals surface area (Å²) in [6.07, 6.45) is 3.26. The smallest absolute Gasteiger partial charge is 0.213 e. The Bertz CT molecular complexity index is 721. The summed E-state index contributed by atoms with van der Waals surface area (Å²) in [6, 6.07) is 11.8. The van der Waals surface area contributed by atoms with Crippen molar-refractivity contribution in [2.24, 2.45) is 0 Å². The van der Waals surface area contributed by atoms with Crippen molar-refractivity contribution in [2.75, 3.05) is 6.61 Å². The first-order valence-corrected chi connectivity index (χ1v) is 8.28. The van der Waals surface area contributed by atoms with Crippen LogP contribution < -0.4 is 4.74 Å². The van der Waals surface area contributed by atoms with Gasteiger partial charge in [-0.25, -0.2) is 4.98 Å². The van der Waals surface area contributed by atoms with E-state index in [0.717, 1.165) is 23.1 Å². The number of aromatic nitrogens is 1. The van der Waals surface area contributed by atoms with Gasteiger partial charge in [0.15, 0.2) is 0 Å². The van der Waals surface area contributed by atoms with Gasteiger partial charge in [0.25, 0.3) is 0 Å². The summed E-state index contributed by atoms with van der Waals surface area (Å²) in [7, 11) is 0. The minimum Gasteiger partial charge on any atom is -0.478 e. The second-order valence-corrected chi connectivity index (χ2v) is 5.91. The van der Waals surface area contributed by atoms with Crippen LogP contribution in [-0.4, -0.2) is 17.4 Å². The van der Waals surface area contributed by atoms with E-state index in [0.29, 0.717) is 18.9 Å². The molecule has 1 heterocycles. The fourth-order valence-electron chi connectivity index (χ4n) is 2.33. The summed E-state index contributed by atoms with van der Waals surface area (Å²) >= 11 is 0. The summed E-state index contributed by atoms with van der Waals surface area (Å²) in [6.45, 7) is 6.43. The first-order chi connectivity index (χ1) is 11.6. The molecule has 0 spiro atoms. The highest BCUT2D eigenvalue weighted by Crippen LogP contribution is 2.19. The highest BCUT2D eigenvalue weighted by atomic mass is 16.5. The Kier molecular flexibility index (Phi) is 6.57. The van der Waals surface area contributed by atoms with Gasteiger partial charge in [-0.2, -0.15) is 0 Å². The Morgan fingerprint density at radius 2 is 1.79 bits per heavy atom. The number of ketones is 1. The van der Waals surface area contributed by atoms with Crippen LogP contribution in [0.4, 0.5) is 0 Å². The normalized spacial score (nSPS) is 11.3. The number of pyridine rings is 1. The molecule has 3 nitrogen and oxygen atoms in total. The maximum Gasteiger partial charge on any atom is 0.213 e. The molecular formula is C21H23NO2. The molecule has 0 radical (unpaired) electrons. The zero-order chi connectivity index (χ0) is 17.4. The lowest BCUT2D eigenvalue weighted by atomic mass is 9.95. The van der Waals surface area contributed by atoms with Crippen LogP contribution >= 0.6 is 0 Å². The van der Waals surface area contributed by atoms with Gasteiger partial charge in [-0.05, 0) is 43.0 Å². The van der Waals surface area contributed by atoms with Gasteiger partial charge in [-0.15, -0.1) is 0 Å². The third kappa shape index (κ3) is 5.55. The molecule has 0 aliphatic rings. The molecule has 2 aromatic rings. The molecule has 3 heteroatoms. The van der Waals surface area contributed by atoms with Crippen molar-refractivity contribution in [1.29, 1.82) is 0 Å². The molecule has 0 amide bonds. The van der Waals surface area contributed by atoms with E-state index in [-0.39, 0.29) is 11.7 Å². The molecule has 2 rings (SSSR count). The van der Waals surface area contributed by atoms with Crippen LogP contribution in [0.2, 0.25) is 0 Å². The third-order valence-corrected chi connectivity index (χ3v) is 3.61. The van der Waals surface area contributed by atoms with Crippen molar-refractivity contribution < 1.29 is 9.53 Å². The Hall–Kier alpha value is -2.60. The van der Waals surface area contributed by atoms with Gasteiger partial charge in [-0.3, -0.25) is 0 Å². The molecule has 1 aromatic heterocycles. The second kappa shape index (κ2) is 8.88. The Morgan fingerprint density at radius 1 is 1.12 bits per heavy atom. The fraction of sp³-hybridized carbons (Fsp3) is 0.333. The third-order valence-electron chi connectivity index (χ3n) is 3.61. The maximum absolute atomic E-state index is 11.2. The van der Waals surface area contributed by atoms with Gasteiger partial charge in [0.2, 0.25) is 5.88 Å². The van der Waals surface area contributed by atoms with Crippen molar-refractivity contribution in [3.05, 3.63) is 59.3 Å². The van der Waals surface area contributed by atoms with Crippen LogP contribution in [0.5, 0.6) is 5.88 Å². The van der Waals surface area contributed by atoms with Crippen molar-refractivity contribution in [1.82, 2.24) is 4.98 Å². The van der Waals surface area contributed by atoms with E-state index < -0.39 is 0 Å². The first-order valence-electron chi connectivity index (χ1n) is 8.28. The van der Waals surface area contributed by atoms with E-state index in [1.54, 1.807) is 13.1 Å². The number of hydrogen-bond acceptors (Lipinski definition) is 3. The lowest BCUT2D eigenvalue weighted by Crippen LogP contribution is -2.00. The van der Waals surface area contributed by atoms with E-state index in [9.17, 15) is 4.79 Å². The molecule has 0 bridgehead atoms. The van der Waals surface area contributed by atoms with Crippen LogP contribution in [0.3, 0.4) is 0 Å². The largest absolute Gasteiger partial charge is 0.478 e. The van der Waals surface area contributed by atoms with Gasteiger partial charge in [0, 0.05) is 29.8 Å². The lowest BCUT2D eigenvalue weighted by molar-refractivity contribution is -0.117. The van der Waals surface area contributed by atoms with Crippen LogP contribution in [0.25, 0.3) is 0 Å². The van der Waals surface area contributed by atoms with E-state index in [2.05, 4.69) is 30.7 Å². The van der Waals surface area contributed by atoms with Crippen molar-refractivity contribution in [2.45, 2.75) is 39.5 Å². The van der Waals surface area contributed by atoms with Gasteiger partial charge < -0.3 is 9.53 Å². The molecule has 1 aromatic carbocycles. The first kappa shape index (κ1) is 17.7. The molecule has 0 saturated heterocycles. The fourth-order valence-corrected chi connectivity index (χ4v) is 2.33. The molecule has 24 heavy (non-hydrogen) atoms. The molecule has 0 fully saturated rings. The molecule has 0 N–H and O–H groups in total. The molecular weight excluding hydrogens is 298 g/mol. The molecule has 1 unspecified atom stereocenters. The molecule has 0 aliphatic heterocycles. The minimum absolute atomic E-state index is 0.213. The summed E-state index contributed by atoms with van der Waals surface area (Å²) in [5.74, 6) is 7.32. The Labute approximate surface area is 144 Å². The zero-order valence-corrected chi connectivity index (χ0v) is 14.5. The standard InChI is InChI=1S/C21H23NO2/c1-4-13-24-21-12-9-19(15-22-21)6-5-18-7-10-20(11-8-18)16(2)14-17(3)23/h7-12,15-16H,4,13-14H2,1-3H3. The Balaban J connectivity index is 2.01. The number of benzene rings is 1. The summed E-state index contributed by atoms with van der Waals surface area (Å²) in [5.41, 5.74) is 2.96. The summed E-state index contributed by atoms with van der Waals surface area (Å²) < 4.78 is 5.45. The topological polar surface area (TPSA) is 39.2 Å². The average molecular weight is 321 g/mol. The monoisotopic (exact) mass is 321 g/mol. The minimum atomic E-state index is 0.213. The highest BCUT2D eigenvalue weighted by molar-refractivity contribution is 5.76.